The molecule has 0 radical (unpaired) electrons. The molecule has 4 bridgehead atoms. The Bertz CT molecular complexity index is 1170. The summed E-state index contributed by atoms with van der Waals surface area (Å²) in [6, 6.07) is 13.5. The van der Waals surface area contributed by atoms with Crippen molar-refractivity contribution in [2.45, 2.75) is 56.7 Å². The molecule has 37 heavy (non-hydrogen) atoms. The van der Waals surface area contributed by atoms with Crippen molar-refractivity contribution in [3.8, 4) is 0 Å². The lowest BCUT2D eigenvalue weighted by Crippen LogP contribution is -2.61. The molecular formula is C29H36N4O4. The van der Waals surface area contributed by atoms with E-state index in [1.54, 1.807) is 18.2 Å². The number of rotatable bonds is 5. The number of esters is 1. The second kappa shape index (κ2) is 9.31. The van der Waals surface area contributed by atoms with Crippen molar-refractivity contribution in [1.82, 2.24) is 10.3 Å². The quantitative estimate of drug-likeness (QED) is 0.604. The molecule has 1 saturated heterocycles. The van der Waals surface area contributed by atoms with Crippen LogP contribution in [-0.2, 0) is 4.74 Å². The third-order valence-corrected chi connectivity index (χ3v) is 9.08. The van der Waals surface area contributed by atoms with Crippen LogP contribution in [0.4, 0.5) is 11.5 Å². The molecule has 4 aliphatic carbocycles. The number of carbonyl (C=O) groups excluding carboxylic acids is 2. The van der Waals surface area contributed by atoms with Gasteiger partial charge in [-0.1, -0.05) is 6.07 Å². The van der Waals surface area contributed by atoms with Crippen LogP contribution in [0, 0.1) is 17.8 Å². The zero-order valence-corrected chi connectivity index (χ0v) is 21.6. The van der Waals surface area contributed by atoms with Crippen molar-refractivity contribution in [3.05, 3.63) is 53.7 Å². The first-order valence-electron chi connectivity index (χ1n) is 13.5. The Kier molecular flexibility index (Phi) is 6.10. The van der Waals surface area contributed by atoms with E-state index in [-0.39, 0.29) is 24.0 Å². The number of methoxy groups -OCH3 is 1. The first-order chi connectivity index (χ1) is 17.8. The Morgan fingerprint density at radius 1 is 1.05 bits per heavy atom. The maximum atomic E-state index is 13.3. The zero-order chi connectivity index (χ0) is 25.7. The van der Waals surface area contributed by atoms with Crippen molar-refractivity contribution in [3.63, 3.8) is 0 Å². The van der Waals surface area contributed by atoms with Crippen LogP contribution in [-0.4, -0.2) is 66.4 Å². The Hall–Kier alpha value is -3.13. The number of pyridine rings is 1. The Morgan fingerprint density at radius 2 is 1.78 bits per heavy atom. The number of hydrogen-bond acceptors (Lipinski definition) is 7. The van der Waals surface area contributed by atoms with E-state index in [4.69, 9.17) is 9.72 Å². The van der Waals surface area contributed by atoms with Crippen LogP contribution in [0.1, 0.15) is 59.9 Å². The molecule has 2 unspecified atom stereocenters. The van der Waals surface area contributed by atoms with Crippen molar-refractivity contribution in [2.24, 2.45) is 17.8 Å². The maximum absolute atomic E-state index is 13.3. The van der Waals surface area contributed by atoms with Crippen LogP contribution in [0.2, 0.25) is 0 Å². The third kappa shape index (κ3) is 4.56. The van der Waals surface area contributed by atoms with Gasteiger partial charge in [0.1, 0.15) is 11.5 Å². The summed E-state index contributed by atoms with van der Waals surface area (Å²) in [5.74, 6) is 1.74. The Labute approximate surface area is 218 Å². The molecule has 4 saturated carbocycles. The summed E-state index contributed by atoms with van der Waals surface area (Å²) >= 11 is 0. The van der Waals surface area contributed by atoms with Gasteiger partial charge in [0.2, 0.25) is 0 Å². The minimum atomic E-state index is -0.502. The summed E-state index contributed by atoms with van der Waals surface area (Å²) in [5.41, 5.74) is 1.57. The van der Waals surface area contributed by atoms with E-state index in [2.05, 4.69) is 22.0 Å². The second-order valence-corrected chi connectivity index (χ2v) is 11.6. The number of piperazine rings is 1. The fourth-order valence-electron chi connectivity index (χ4n) is 7.61. The summed E-state index contributed by atoms with van der Waals surface area (Å²) < 4.78 is 4.79. The van der Waals surface area contributed by atoms with E-state index in [9.17, 15) is 14.7 Å². The standard InChI is InChI=1S/C29H36N4O4/c1-18-17-32(23-8-6-20(7-9-23)28(35)37-2)10-11-33(18)25-5-3-4-24(30-25)27(34)31-26-21-12-19-13-22(26)16-29(36,14-19)15-21/h3-9,18-19,21-22,26,36H,10-17H2,1-2H3,(H,31,34)/t18-,19?,21?,22?,26?,29?/m1/s1. The van der Waals surface area contributed by atoms with E-state index in [1.165, 1.54) is 7.11 Å². The maximum Gasteiger partial charge on any atom is 0.337 e. The van der Waals surface area contributed by atoms with Gasteiger partial charge in [0.05, 0.1) is 18.3 Å². The number of aliphatic hydroxyl groups is 1. The summed E-state index contributed by atoms with van der Waals surface area (Å²) in [6.07, 6.45) is 4.79. The van der Waals surface area contributed by atoms with Crippen LogP contribution in [0.25, 0.3) is 0 Å². The molecule has 1 aliphatic heterocycles. The highest BCUT2D eigenvalue weighted by Gasteiger charge is 2.55. The molecule has 0 spiro atoms. The van der Waals surface area contributed by atoms with Crippen molar-refractivity contribution < 1.29 is 19.4 Å². The van der Waals surface area contributed by atoms with E-state index < -0.39 is 5.60 Å². The minimum Gasteiger partial charge on any atom is -0.465 e. The number of hydrogen-bond donors (Lipinski definition) is 2. The molecule has 2 N–H and O–H groups in total. The van der Waals surface area contributed by atoms with Crippen LogP contribution < -0.4 is 15.1 Å². The third-order valence-electron chi connectivity index (χ3n) is 9.08. The molecule has 196 valence electrons. The summed E-state index contributed by atoms with van der Waals surface area (Å²) in [6.45, 7) is 4.58. The van der Waals surface area contributed by atoms with E-state index in [0.29, 0.717) is 29.0 Å². The van der Waals surface area contributed by atoms with Crippen molar-refractivity contribution in [1.29, 1.82) is 0 Å². The van der Waals surface area contributed by atoms with Gasteiger partial charge in [-0.15, -0.1) is 0 Å². The van der Waals surface area contributed by atoms with Gasteiger partial charge >= 0.3 is 5.97 Å². The largest absolute Gasteiger partial charge is 0.465 e. The normalized spacial score (nSPS) is 32.4. The van der Waals surface area contributed by atoms with Gasteiger partial charge < -0.3 is 25.0 Å². The lowest BCUT2D eigenvalue weighted by atomic mass is 9.52. The molecule has 1 amide bonds. The molecule has 5 fully saturated rings. The van der Waals surface area contributed by atoms with Crippen molar-refractivity contribution >= 4 is 23.4 Å². The molecule has 8 nitrogen and oxygen atoms in total. The highest BCUT2D eigenvalue weighted by Crippen LogP contribution is 2.55. The molecular weight excluding hydrogens is 468 g/mol. The molecule has 2 aromatic rings. The topological polar surface area (TPSA) is 95.0 Å². The number of benzene rings is 1. The van der Waals surface area contributed by atoms with Gasteiger partial charge in [0, 0.05) is 37.4 Å². The first kappa shape index (κ1) is 24.2. The molecule has 3 atom stereocenters. The number of carbonyl (C=O) groups is 2. The number of ether oxygens (including phenoxy) is 1. The monoisotopic (exact) mass is 504 g/mol. The average Bonchev–Trinajstić information content (AvgIpc) is 2.89. The van der Waals surface area contributed by atoms with Gasteiger partial charge in [-0.05, 0) is 93.2 Å². The Balaban J connectivity index is 1.10. The van der Waals surface area contributed by atoms with Gasteiger partial charge in [0.25, 0.3) is 5.91 Å². The smallest absolute Gasteiger partial charge is 0.337 e. The fourth-order valence-corrected chi connectivity index (χ4v) is 7.61. The molecule has 2 heterocycles. The summed E-state index contributed by atoms with van der Waals surface area (Å²) in [7, 11) is 1.39. The number of anilines is 2. The lowest BCUT2D eigenvalue weighted by molar-refractivity contribution is -0.136. The zero-order valence-electron chi connectivity index (χ0n) is 21.6. The predicted molar refractivity (Wildman–Crippen MR) is 141 cm³/mol. The molecule has 7 rings (SSSR count). The van der Waals surface area contributed by atoms with Gasteiger partial charge in [-0.2, -0.15) is 0 Å². The number of nitrogens with one attached hydrogen (secondary N) is 1. The van der Waals surface area contributed by atoms with E-state index >= 15 is 0 Å². The molecule has 1 aromatic carbocycles. The van der Waals surface area contributed by atoms with Crippen LogP contribution >= 0.6 is 0 Å². The van der Waals surface area contributed by atoms with Gasteiger partial charge in [-0.3, -0.25) is 4.79 Å². The minimum absolute atomic E-state index is 0.108. The molecule has 5 aliphatic rings. The first-order valence-corrected chi connectivity index (χ1v) is 13.5. The second-order valence-electron chi connectivity index (χ2n) is 11.6. The number of aromatic nitrogens is 1. The highest BCUT2D eigenvalue weighted by molar-refractivity contribution is 5.93. The van der Waals surface area contributed by atoms with Crippen LogP contribution in [0.3, 0.4) is 0 Å². The summed E-state index contributed by atoms with van der Waals surface area (Å²) in [5, 5.41) is 14.2. The van der Waals surface area contributed by atoms with Crippen molar-refractivity contribution in [2.75, 3.05) is 36.5 Å². The SMILES string of the molecule is COC(=O)c1ccc(N2CCN(c3cccc(C(=O)NC4C5CC6CC4CC(O)(C6)C5)n3)[C@H](C)C2)cc1. The Morgan fingerprint density at radius 3 is 2.43 bits per heavy atom. The predicted octanol–water partition coefficient (Wildman–Crippen LogP) is 3.25. The van der Waals surface area contributed by atoms with E-state index in [1.807, 2.05) is 24.3 Å². The van der Waals surface area contributed by atoms with Crippen LogP contribution in [0.15, 0.2) is 42.5 Å². The lowest BCUT2D eigenvalue weighted by Gasteiger charge is -2.58. The average molecular weight is 505 g/mol. The number of amides is 1. The van der Waals surface area contributed by atoms with Gasteiger partial charge in [-0.25, -0.2) is 9.78 Å². The summed E-state index contributed by atoms with van der Waals surface area (Å²) in [4.78, 5) is 34.3. The molecule has 8 heteroatoms. The van der Waals surface area contributed by atoms with E-state index in [0.717, 1.165) is 63.2 Å². The van der Waals surface area contributed by atoms with Crippen LogP contribution in [0.5, 0.6) is 0 Å². The highest BCUT2D eigenvalue weighted by atomic mass is 16.5. The van der Waals surface area contributed by atoms with Gasteiger partial charge in [0.15, 0.2) is 0 Å². The fraction of sp³-hybridized carbons (Fsp3) is 0.552. The number of nitrogens with zero attached hydrogens (tertiary/aromatic N) is 3. The molecule has 1 aromatic heterocycles.